The van der Waals surface area contributed by atoms with Gasteiger partial charge in [-0.15, -0.1) is 0 Å². The van der Waals surface area contributed by atoms with Crippen LogP contribution in [-0.4, -0.2) is 84.4 Å². The molecule has 248 valence electrons. The zero-order chi connectivity index (χ0) is 32.2. The number of benzene rings is 2. The van der Waals surface area contributed by atoms with Crippen LogP contribution in [0.15, 0.2) is 40.9 Å². The summed E-state index contributed by atoms with van der Waals surface area (Å²) < 4.78 is 32.9. The number of aromatic nitrogens is 1. The molecule has 3 aromatic rings. The van der Waals surface area contributed by atoms with E-state index in [4.69, 9.17) is 47.4 Å². The molecule has 2 heterocycles. The van der Waals surface area contributed by atoms with Crippen LogP contribution in [-0.2, 0) is 27.3 Å². The summed E-state index contributed by atoms with van der Waals surface area (Å²) in [4.78, 5) is 16.2. The van der Waals surface area contributed by atoms with E-state index in [1.165, 1.54) is 6.07 Å². The smallest absolute Gasteiger partial charge is 0.306 e. The molecule has 12 heteroatoms. The summed E-state index contributed by atoms with van der Waals surface area (Å²) in [6, 6.07) is 10.8. The molecule has 6 rings (SSSR count). The number of hydrogen-bond donors (Lipinski definition) is 2. The van der Waals surface area contributed by atoms with E-state index in [9.17, 15) is 4.79 Å². The standard InChI is InChI=1S/C34H40Cl2FN3O6/c35-26-2-1-3-27(36)32(26)33-25(34(46-38-33)22-6-7-22)20-45-30-18-24-17-23(30)19-40(24)29-8-4-21(16-28(29)37)5-9-31(43)44-15-12-39(10-13-41)11-14-42/h1-4,8,16,22-24,30,41-42H,5-7,9-15,17-20H2/t23-,24-,30+/m0/s1. The number of hydrogen-bond acceptors (Lipinski definition) is 9. The number of halogens is 3. The molecule has 2 saturated carbocycles. The fraction of sp³-hybridized carbons (Fsp3) is 0.529. The van der Waals surface area contributed by atoms with Gasteiger partial charge in [0.05, 0.1) is 41.7 Å². The Morgan fingerprint density at radius 3 is 2.50 bits per heavy atom. The maximum atomic E-state index is 15.3. The molecular formula is C34H40Cl2FN3O6. The third kappa shape index (κ3) is 7.53. The summed E-state index contributed by atoms with van der Waals surface area (Å²) in [6.45, 7) is 2.42. The second-order valence-electron chi connectivity index (χ2n) is 12.4. The summed E-state index contributed by atoms with van der Waals surface area (Å²) in [5, 5.41) is 23.6. The number of aliphatic hydroxyl groups excluding tert-OH is 2. The lowest BCUT2D eigenvalue weighted by atomic mass is 10.0. The van der Waals surface area contributed by atoms with Gasteiger partial charge < -0.3 is 29.1 Å². The van der Waals surface area contributed by atoms with Crippen LogP contribution in [0, 0.1) is 11.7 Å². The number of carbonyl (C=O) groups is 1. The molecule has 3 fully saturated rings. The van der Waals surface area contributed by atoms with Gasteiger partial charge in [-0.3, -0.25) is 9.69 Å². The van der Waals surface area contributed by atoms with Crippen molar-refractivity contribution in [3.05, 3.63) is 69.1 Å². The first-order valence-corrected chi connectivity index (χ1v) is 16.8. The largest absolute Gasteiger partial charge is 0.464 e. The molecule has 0 amide bonds. The Morgan fingerprint density at radius 2 is 1.85 bits per heavy atom. The molecule has 2 aliphatic carbocycles. The summed E-state index contributed by atoms with van der Waals surface area (Å²) in [7, 11) is 0. The van der Waals surface area contributed by atoms with Gasteiger partial charge in [-0.1, -0.05) is 40.5 Å². The van der Waals surface area contributed by atoms with Crippen molar-refractivity contribution in [2.45, 2.75) is 63.2 Å². The number of fused-ring (bicyclic) bond motifs is 2. The molecule has 2 aromatic carbocycles. The molecule has 46 heavy (non-hydrogen) atoms. The molecule has 2 bridgehead atoms. The number of piperidine rings is 1. The van der Waals surface area contributed by atoms with Gasteiger partial charge in [0, 0.05) is 61.6 Å². The Balaban J connectivity index is 1.01. The van der Waals surface area contributed by atoms with E-state index in [0.29, 0.717) is 72.1 Å². The van der Waals surface area contributed by atoms with E-state index in [2.05, 4.69) is 10.1 Å². The van der Waals surface area contributed by atoms with Crippen molar-refractivity contribution < 1.29 is 33.4 Å². The van der Waals surface area contributed by atoms with Crippen molar-refractivity contribution in [1.82, 2.24) is 10.1 Å². The van der Waals surface area contributed by atoms with Crippen LogP contribution in [0.4, 0.5) is 10.1 Å². The molecule has 1 aromatic heterocycles. The fourth-order valence-electron chi connectivity index (χ4n) is 6.81. The molecule has 3 aliphatic rings. The van der Waals surface area contributed by atoms with Gasteiger partial charge >= 0.3 is 5.97 Å². The van der Waals surface area contributed by atoms with Crippen LogP contribution in [0.2, 0.25) is 10.0 Å². The Labute approximate surface area is 278 Å². The first kappa shape index (κ1) is 33.2. The minimum absolute atomic E-state index is 0.0319. The lowest BCUT2D eigenvalue weighted by molar-refractivity contribution is -0.144. The third-order valence-electron chi connectivity index (χ3n) is 9.33. The van der Waals surface area contributed by atoms with E-state index in [1.54, 1.807) is 18.2 Å². The molecule has 1 saturated heterocycles. The minimum atomic E-state index is -0.363. The van der Waals surface area contributed by atoms with Crippen LogP contribution in [0.5, 0.6) is 0 Å². The van der Waals surface area contributed by atoms with Crippen molar-refractivity contribution in [2.24, 2.45) is 5.92 Å². The number of nitrogens with zero attached hydrogens (tertiary/aromatic N) is 3. The van der Waals surface area contributed by atoms with Crippen LogP contribution in [0.3, 0.4) is 0 Å². The zero-order valence-electron chi connectivity index (χ0n) is 25.7. The molecule has 3 atom stereocenters. The van der Waals surface area contributed by atoms with Crippen molar-refractivity contribution in [2.75, 3.05) is 50.9 Å². The van der Waals surface area contributed by atoms with Gasteiger partial charge in [-0.25, -0.2) is 4.39 Å². The monoisotopic (exact) mass is 675 g/mol. The number of aryl methyl sites for hydroxylation is 1. The average Bonchev–Trinajstić information content (AvgIpc) is 3.49. The SMILES string of the molecule is O=C(CCc1ccc(N2C[C@@H]3C[C@H]2C[C@H]3OCc2c(-c3c(Cl)cccc3Cl)noc2C2CC2)c(F)c1)OCCN(CCO)CCO. The highest BCUT2D eigenvalue weighted by Gasteiger charge is 2.46. The van der Waals surface area contributed by atoms with Gasteiger partial charge in [0.1, 0.15) is 23.9 Å². The normalized spacial score (nSPS) is 20.7. The van der Waals surface area contributed by atoms with E-state index in [-0.39, 0.29) is 56.1 Å². The Morgan fingerprint density at radius 1 is 1.09 bits per heavy atom. The molecule has 0 unspecified atom stereocenters. The minimum Gasteiger partial charge on any atom is -0.464 e. The van der Waals surface area contributed by atoms with Gasteiger partial charge in [-0.2, -0.15) is 0 Å². The quantitative estimate of drug-likeness (QED) is 0.187. The van der Waals surface area contributed by atoms with Crippen LogP contribution in [0.25, 0.3) is 11.3 Å². The molecule has 1 aliphatic heterocycles. The molecule has 2 N–H and O–H groups in total. The molecule has 0 spiro atoms. The number of aliphatic hydroxyl groups is 2. The highest BCUT2D eigenvalue weighted by Crippen LogP contribution is 2.47. The van der Waals surface area contributed by atoms with Gasteiger partial charge in [0.2, 0.25) is 0 Å². The summed E-state index contributed by atoms with van der Waals surface area (Å²) in [5.74, 6) is 0.825. The summed E-state index contributed by atoms with van der Waals surface area (Å²) >= 11 is 13.0. The van der Waals surface area contributed by atoms with E-state index < -0.39 is 0 Å². The predicted molar refractivity (Wildman–Crippen MR) is 173 cm³/mol. The van der Waals surface area contributed by atoms with Crippen LogP contribution in [0.1, 0.15) is 54.9 Å². The summed E-state index contributed by atoms with van der Waals surface area (Å²) in [5.41, 5.74) is 3.53. The second-order valence-corrected chi connectivity index (χ2v) is 13.2. The van der Waals surface area contributed by atoms with Crippen molar-refractivity contribution >= 4 is 34.9 Å². The first-order chi connectivity index (χ1) is 22.4. The van der Waals surface area contributed by atoms with Crippen molar-refractivity contribution in [1.29, 1.82) is 0 Å². The first-order valence-electron chi connectivity index (χ1n) is 16.1. The Bertz CT molecular complexity index is 1490. The number of rotatable bonds is 16. The topological polar surface area (TPSA) is 109 Å². The van der Waals surface area contributed by atoms with Gasteiger partial charge in [0.15, 0.2) is 0 Å². The van der Waals surface area contributed by atoms with Gasteiger partial charge in [0.25, 0.3) is 0 Å². The third-order valence-corrected chi connectivity index (χ3v) is 9.96. The van der Waals surface area contributed by atoms with E-state index in [0.717, 1.165) is 42.6 Å². The number of ether oxygens (including phenoxy) is 2. The number of carbonyl (C=O) groups excluding carboxylic acids is 1. The van der Waals surface area contributed by atoms with Crippen molar-refractivity contribution in [3.63, 3.8) is 0 Å². The second kappa shape index (κ2) is 15.0. The fourth-order valence-corrected chi connectivity index (χ4v) is 7.38. The van der Waals surface area contributed by atoms with Gasteiger partial charge in [-0.05, 0) is 61.9 Å². The number of esters is 1. The molecule has 0 radical (unpaired) electrons. The predicted octanol–water partition coefficient (Wildman–Crippen LogP) is 5.61. The maximum absolute atomic E-state index is 15.3. The molecular weight excluding hydrogens is 636 g/mol. The highest BCUT2D eigenvalue weighted by atomic mass is 35.5. The Kier molecular flexibility index (Phi) is 10.8. The van der Waals surface area contributed by atoms with E-state index in [1.807, 2.05) is 17.0 Å². The lowest BCUT2D eigenvalue weighted by Crippen LogP contribution is -2.39. The van der Waals surface area contributed by atoms with Crippen LogP contribution >= 0.6 is 23.2 Å². The maximum Gasteiger partial charge on any atom is 0.306 e. The zero-order valence-corrected chi connectivity index (χ0v) is 27.2. The number of anilines is 1. The lowest BCUT2D eigenvalue weighted by Gasteiger charge is -2.33. The molecule has 9 nitrogen and oxygen atoms in total. The van der Waals surface area contributed by atoms with Crippen LogP contribution < -0.4 is 4.90 Å². The Hall–Kier alpha value is -2.73. The highest BCUT2D eigenvalue weighted by molar-refractivity contribution is 6.39. The average molecular weight is 677 g/mol. The summed E-state index contributed by atoms with van der Waals surface area (Å²) in [6.07, 6.45) is 4.43. The van der Waals surface area contributed by atoms with Crippen molar-refractivity contribution in [3.8, 4) is 11.3 Å². The van der Waals surface area contributed by atoms with E-state index >= 15 is 4.39 Å².